The maximum atomic E-state index is 14.1. The van der Waals surface area contributed by atoms with E-state index in [0.29, 0.717) is 36.9 Å². The smallest absolute Gasteiger partial charge is 0.410 e. The Morgan fingerprint density at radius 1 is 1.23 bits per heavy atom. The number of nitrogens with zero attached hydrogens (tertiary/aromatic N) is 2. The van der Waals surface area contributed by atoms with E-state index in [0.717, 1.165) is 5.56 Å². The monoisotopic (exact) mass is 328 g/mol. The van der Waals surface area contributed by atoms with E-state index in [1.165, 1.54) is 6.07 Å². The van der Waals surface area contributed by atoms with E-state index >= 15 is 0 Å². The van der Waals surface area contributed by atoms with Gasteiger partial charge in [-0.15, -0.1) is 0 Å². The van der Waals surface area contributed by atoms with Crippen molar-refractivity contribution in [1.82, 2.24) is 4.90 Å². The minimum absolute atomic E-state index is 0.323. The number of piperazine rings is 1. The van der Waals surface area contributed by atoms with Crippen molar-refractivity contribution < 1.29 is 13.9 Å². The highest BCUT2D eigenvalue weighted by Gasteiger charge is 2.27. The highest BCUT2D eigenvalue weighted by molar-refractivity contribution is 6.33. The maximum absolute atomic E-state index is 14.1. The van der Waals surface area contributed by atoms with Crippen molar-refractivity contribution in [3.8, 4) is 0 Å². The second-order valence-electron chi connectivity index (χ2n) is 6.53. The van der Waals surface area contributed by atoms with Gasteiger partial charge in [-0.05, 0) is 45.4 Å². The summed E-state index contributed by atoms with van der Waals surface area (Å²) in [5, 5.41) is 0.406. The number of ether oxygens (including phenoxy) is 1. The number of hydrogen-bond donors (Lipinski definition) is 0. The van der Waals surface area contributed by atoms with E-state index in [4.69, 9.17) is 16.3 Å². The molecule has 0 saturated carbocycles. The van der Waals surface area contributed by atoms with E-state index in [-0.39, 0.29) is 11.9 Å². The van der Waals surface area contributed by atoms with Crippen LogP contribution in [0.5, 0.6) is 0 Å². The molecule has 1 aromatic carbocycles. The molecule has 1 fully saturated rings. The van der Waals surface area contributed by atoms with Gasteiger partial charge in [0.2, 0.25) is 0 Å². The lowest BCUT2D eigenvalue weighted by atomic mass is 10.2. The van der Waals surface area contributed by atoms with Gasteiger partial charge < -0.3 is 14.5 Å². The average Bonchev–Trinajstić information content (AvgIpc) is 2.36. The van der Waals surface area contributed by atoms with Crippen molar-refractivity contribution in [2.75, 3.05) is 31.1 Å². The van der Waals surface area contributed by atoms with Crippen molar-refractivity contribution in [3.05, 3.63) is 28.5 Å². The molecule has 1 aliphatic heterocycles. The first-order chi connectivity index (χ1) is 10.2. The summed E-state index contributed by atoms with van der Waals surface area (Å²) >= 11 is 6.17. The Balaban J connectivity index is 2.02. The molecular formula is C16H22ClFN2O2. The second-order valence-corrected chi connectivity index (χ2v) is 6.94. The third-order valence-corrected chi connectivity index (χ3v) is 3.70. The lowest BCUT2D eigenvalue weighted by Crippen LogP contribution is -2.50. The molecular weight excluding hydrogens is 307 g/mol. The fourth-order valence-electron chi connectivity index (χ4n) is 2.43. The third kappa shape index (κ3) is 4.03. The van der Waals surface area contributed by atoms with E-state index in [2.05, 4.69) is 0 Å². The first kappa shape index (κ1) is 16.9. The van der Waals surface area contributed by atoms with Crippen LogP contribution >= 0.6 is 11.6 Å². The SMILES string of the molecule is Cc1cc(F)c(N2CCN(C(=O)OC(C)(C)C)CC2)c(Cl)c1. The van der Waals surface area contributed by atoms with E-state index < -0.39 is 5.60 Å². The molecule has 1 amide bonds. The zero-order chi connectivity index (χ0) is 16.5. The molecule has 0 unspecified atom stereocenters. The summed E-state index contributed by atoms with van der Waals surface area (Å²) in [6, 6.07) is 3.22. The zero-order valence-electron chi connectivity index (χ0n) is 13.4. The number of halogens is 2. The van der Waals surface area contributed by atoms with E-state index in [1.54, 1.807) is 17.9 Å². The molecule has 1 saturated heterocycles. The molecule has 2 rings (SSSR count). The predicted octanol–water partition coefficient (Wildman–Crippen LogP) is 3.84. The minimum atomic E-state index is -0.513. The summed E-state index contributed by atoms with van der Waals surface area (Å²) in [4.78, 5) is 15.5. The summed E-state index contributed by atoms with van der Waals surface area (Å²) in [6.07, 6.45) is -0.331. The fraction of sp³-hybridized carbons (Fsp3) is 0.562. The number of aryl methyl sites for hydroxylation is 1. The lowest BCUT2D eigenvalue weighted by Gasteiger charge is -2.37. The number of carbonyl (C=O) groups is 1. The van der Waals surface area contributed by atoms with Crippen LogP contribution in [0.4, 0.5) is 14.9 Å². The van der Waals surface area contributed by atoms with Gasteiger partial charge in [0.25, 0.3) is 0 Å². The van der Waals surface area contributed by atoms with E-state index in [1.807, 2.05) is 25.7 Å². The number of amides is 1. The molecule has 4 nitrogen and oxygen atoms in total. The Bertz CT molecular complexity index is 541. The standard InChI is InChI=1S/C16H22ClFN2O2/c1-11-9-12(17)14(13(18)10-11)19-5-7-20(8-6-19)15(21)22-16(2,3)4/h9-10H,5-8H2,1-4H3. The van der Waals surface area contributed by atoms with Gasteiger partial charge in [0, 0.05) is 26.2 Å². The molecule has 0 spiro atoms. The third-order valence-electron chi connectivity index (χ3n) is 3.41. The summed E-state index contributed by atoms with van der Waals surface area (Å²) in [7, 11) is 0. The zero-order valence-corrected chi connectivity index (χ0v) is 14.2. The molecule has 0 bridgehead atoms. The summed E-state index contributed by atoms with van der Waals surface area (Å²) in [6.45, 7) is 9.34. The molecule has 1 heterocycles. The molecule has 122 valence electrons. The van der Waals surface area contributed by atoms with Crippen molar-refractivity contribution >= 4 is 23.4 Å². The molecule has 22 heavy (non-hydrogen) atoms. The quantitative estimate of drug-likeness (QED) is 0.785. The Morgan fingerprint density at radius 2 is 1.82 bits per heavy atom. The molecule has 0 N–H and O–H groups in total. The predicted molar refractivity (Wildman–Crippen MR) is 86.2 cm³/mol. The van der Waals surface area contributed by atoms with Crippen molar-refractivity contribution in [2.45, 2.75) is 33.3 Å². The molecule has 0 aliphatic carbocycles. The highest BCUT2D eigenvalue weighted by atomic mass is 35.5. The number of hydrogen-bond acceptors (Lipinski definition) is 3. The molecule has 1 aliphatic rings. The average molecular weight is 329 g/mol. The lowest BCUT2D eigenvalue weighted by molar-refractivity contribution is 0.0240. The van der Waals surface area contributed by atoms with Gasteiger partial charge in [-0.2, -0.15) is 0 Å². The number of benzene rings is 1. The Morgan fingerprint density at radius 3 is 2.32 bits per heavy atom. The number of rotatable bonds is 1. The normalized spacial score (nSPS) is 15.9. The van der Waals surface area contributed by atoms with Gasteiger partial charge in [-0.1, -0.05) is 11.6 Å². The summed E-state index contributed by atoms with van der Waals surface area (Å²) in [5.74, 6) is -0.323. The Hall–Kier alpha value is -1.49. The van der Waals surface area contributed by atoms with Crippen LogP contribution in [0.3, 0.4) is 0 Å². The van der Waals surface area contributed by atoms with Gasteiger partial charge in [0.05, 0.1) is 10.7 Å². The fourth-order valence-corrected chi connectivity index (χ4v) is 2.82. The summed E-state index contributed by atoms with van der Waals surface area (Å²) in [5.41, 5.74) is 0.690. The van der Waals surface area contributed by atoms with Crippen LogP contribution in [0, 0.1) is 12.7 Å². The van der Waals surface area contributed by atoms with Gasteiger partial charge in [0.1, 0.15) is 11.4 Å². The van der Waals surface area contributed by atoms with Crippen molar-refractivity contribution in [2.24, 2.45) is 0 Å². The van der Waals surface area contributed by atoms with E-state index in [9.17, 15) is 9.18 Å². The molecule has 1 aromatic rings. The van der Waals surface area contributed by atoms with Crippen LogP contribution in [0.15, 0.2) is 12.1 Å². The van der Waals surface area contributed by atoms with Gasteiger partial charge >= 0.3 is 6.09 Å². The largest absolute Gasteiger partial charge is 0.444 e. The molecule has 0 radical (unpaired) electrons. The topological polar surface area (TPSA) is 32.8 Å². The van der Waals surface area contributed by atoms with Crippen molar-refractivity contribution in [1.29, 1.82) is 0 Å². The number of anilines is 1. The number of carbonyl (C=O) groups excluding carboxylic acids is 1. The second kappa shape index (κ2) is 6.32. The molecule has 6 heteroatoms. The first-order valence-corrected chi connectivity index (χ1v) is 7.74. The van der Waals surface area contributed by atoms with Crippen LogP contribution in [-0.2, 0) is 4.74 Å². The van der Waals surface area contributed by atoms with Gasteiger partial charge in [-0.25, -0.2) is 9.18 Å². The van der Waals surface area contributed by atoms with Crippen LogP contribution in [0.1, 0.15) is 26.3 Å². The van der Waals surface area contributed by atoms with Gasteiger partial charge in [0.15, 0.2) is 0 Å². The van der Waals surface area contributed by atoms with Crippen LogP contribution < -0.4 is 4.90 Å². The van der Waals surface area contributed by atoms with Crippen molar-refractivity contribution in [3.63, 3.8) is 0 Å². The molecule has 0 atom stereocenters. The highest BCUT2D eigenvalue weighted by Crippen LogP contribution is 2.31. The van der Waals surface area contributed by atoms with Crippen LogP contribution in [-0.4, -0.2) is 42.8 Å². The molecule has 0 aromatic heterocycles. The van der Waals surface area contributed by atoms with Gasteiger partial charge in [-0.3, -0.25) is 0 Å². The minimum Gasteiger partial charge on any atom is -0.444 e. The first-order valence-electron chi connectivity index (χ1n) is 7.36. The van der Waals surface area contributed by atoms with Crippen LogP contribution in [0.25, 0.3) is 0 Å². The maximum Gasteiger partial charge on any atom is 0.410 e. The van der Waals surface area contributed by atoms with Crippen LogP contribution in [0.2, 0.25) is 5.02 Å². The Kier molecular flexibility index (Phi) is 4.85. The Labute approximate surface area is 135 Å². The summed E-state index contributed by atoms with van der Waals surface area (Å²) < 4.78 is 19.5.